The van der Waals surface area contributed by atoms with Crippen molar-refractivity contribution in [2.75, 3.05) is 0 Å². The van der Waals surface area contributed by atoms with Crippen molar-refractivity contribution in [1.29, 1.82) is 0 Å². The standard InChI is InChI=1S/C10H10ClO/c1-8(11)10-4-2-9(3-5-10)6-7-12/h2-5,8H,6H2,1H3. The Balaban J connectivity index is 2.78. The molecular weight excluding hydrogens is 172 g/mol. The molecule has 0 aromatic heterocycles. The predicted molar refractivity (Wildman–Crippen MR) is 50.1 cm³/mol. The van der Waals surface area contributed by atoms with Crippen LogP contribution < -0.4 is 0 Å². The van der Waals surface area contributed by atoms with E-state index in [4.69, 9.17) is 11.6 Å². The van der Waals surface area contributed by atoms with Crippen LogP contribution in [0.15, 0.2) is 24.3 Å². The highest BCUT2D eigenvalue weighted by molar-refractivity contribution is 6.20. The second kappa shape index (κ2) is 4.27. The fourth-order valence-electron chi connectivity index (χ4n) is 0.984. The lowest BCUT2D eigenvalue weighted by molar-refractivity contribution is 0.555. The van der Waals surface area contributed by atoms with Crippen molar-refractivity contribution in [1.82, 2.24) is 0 Å². The van der Waals surface area contributed by atoms with Crippen LogP contribution in [-0.2, 0) is 11.2 Å². The SMILES string of the molecule is CC(Cl)c1ccc(C[C]=O)cc1. The predicted octanol–water partition coefficient (Wildman–Crippen LogP) is 2.64. The lowest BCUT2D eigenvalue weighted by atomic mass is 10.1. The average molecular weight is 182 g/mol. The van der Waals surface area contributed by atoms with Crippen molar-refractivity contribution in [2.24, 2.45) is 0 Å². The molecule has 0 aliphatic heterocycles. The maximum Gasteiger partial charge on any atom is 0.203 e. The number of rotatable bonds is 3. The van der Waals surface area contributed by atoms with Crippen LogP contribution in [-0.4, -0.2) is 6.29 Å². The van der Waals surface area contributed by atoms with Gasteiger partial charge in [0.2, 0.25) is 6.29 Å². The smallest absolute Gasteiger partial charge is 0.203 e. The fourth-order valence-corrected chi connectivity index (χ4v) is 1.13. The van der Waals surface area contributed by atoms with Crippen molar-refractivity contribution < 1.29 is 4.79 Å². The van der Waals surface area contributed by atoms with Crippen LogP contribution in [0.25, 0.3) is 0 Å². The highest BCUT2D eigenvalue weighted by Gasteiger charge is 1.99. The molecule has 1 radical (unpaired) electrons. The fraction of sp³-hybridized carbons (Fsp3) is 0.300. The van der Waals surface area contributed by atoms with E-state index < -0.39 is 0 Å². The number of halogens is 1. The maximum absolute atomic E-state index is 10.0. The highest BCUT2D eigenvalue weighted by atomic mass is 35.5. The zero-order valence-electron chi connectivity index (χ0n) is 6.88. The molecule has 0 saturated heterocycles. The van der Waals surface area contributed by atoms with Crippen molar-refractivity contribution in [2.45, 2.75) is 18.7 Å². The molecule has 0 amide bonds. The van der Waals surface area contributed by atoms with E-state index in [-0.39, 0.29) is 5.38 Å². The molecule has 0 heterocycles. The summed E-state index contributed by atoms with van der Waals surface area (Å²) in [6, 6.07) is 7.67. The van der Waals surface area contributed by atoms with Crippen LogP contribution in [0.1, 0.15) is 23.4 Å². The first kappa shape index (κ1) is 9.27. The first-order chi connectivity index (χ1) is 5.74. The summed E-state index contributed by atoms with van der Waals surface area (Å²) in [5, 5.41) is 0.0271. The molecule has 1 rings (SSSR count). The molecule has 1 nitrogen and oxygen atoms in total. The summed E-state index contributed by atoms with van der Waals surface area (Å²) in [4.78, 5) is 10.0. The zero-order valence-corrected chi connectivity index (χ0v) is 7.64. The van der Waals surface area contributed by atoms with Gasteiger partial charge in [-0.3, -0.25) is 4.79 Å². The van der Waals surface area contributed by atoms with E-state index in [0.29, 0.717) is 6.42 Å². The summed E-state index contributed by atoms with van der Waals surface area (Å²) in [7, 11) is 0. The van der Waals surface area contributed by atoms with Gasteiger partial charge in [-0.1, -0.05) is 24.3 Å². The molecule has 0 spiro atoms. The second-order valence-electron chi connectivity index (χ2n) is 2.68. The minimum atomic E-state index is 0.0271. The van der Waals surface area contributed by atoms with Crippen molar-refractivity contribution >= 4 is 17.9 Å². The molecule has 0 fully saturated rings. The Morgan fingerprint density at radius 3 is 2.42 bits per heavy atom. The Kier molecular flexibility index (Phi) is 3.30. The first-order valence-corrected chi connectivity index (χ1v) is 4.25. The third-order valence-electron chi connectivity index (χ3n) is 1.72. The van der Waals surface area contributed by atoms with E-state index in [1.165, 1.54) is 0 Å². The number of carbonyl (C=O) groups excluding carboxylic acids is 1. The molecule has 1 aromatic rings. The molecule has 1 atom stereocenters. The van der Waals surface area contributed by atoms with Gasteiger partial charge in [-0.15, -0.1) is 11.6 Å². The van der Waals surface area contributed by atoms with Crippen molar-refractivity contribution in [3.8, 4) is 0 Å². The summed E-state index contributed by atoms with van der Waals surface area (Å²) in [5.74, 6) is 0. The van der Waals surface area contributed by atoms with E-state index in [1.54, 1.807) is 0 Å². The second-order valence-corrected chi connectivity index (χ2v) is 3.33. The minimum absolute atomic E-state index is 0.0271. The minimum Gasteiger partial charge on any atom is -0.291 e. The van der Waals surface area contributed by atoms with E-state index in [9.17, 15) is 4.79 Å². The van der Waals surface area contributed by atoms with Gasteiger partial charge in [0.25, 0.3) is 0 Å². The molecule has 0 saturated carbocycles. The Bertz CT molecular complexity index is 251. The van der Waals surface area contributed by atoms with Crippen LogP contribution >= 0.6 is 11.6 Å². The van der Waals surface area contributed by atoms with Crippen LogP contribution in [0.3, 0.4) is 0 Å². The van der Waals surface area contributed by atoms with E-state index in [0.717, 1.165) is 11.1 Å². The normalized spacial score (nSPS) is 12.5. The van der Waals surface area contributed by atoms with E-state index in [1.807, 2.05) is 37.5 Å². The lowest BCUT2D eigenvalue weighted by Gasteiger charge is -2.02. The van der Waals surface area contributed by atoms with Gasteiger partial charge in [0, 0.05) is 6.42 Å². The van der Waals surface area contributed by atoms with Gasteiger partial charge in [-0.2, -0.15) is 0 Å². The van der Waals surface area contributed by atoms with Crippen LogP contribution in [0.2, 0.25) is 0 Å². The molecule has 1 unspecified atom stereocenters. The molecule has 12 heavy (non-hydrogen) atoms. The van der Waals surface area contributed by atoms with Gasteiger partial charge in [-0.05, 0) is 18.1 Å². The molecule has 0 bridgehead atoms. The summed E-state index contributed by atoms with van der Waals surface area (Å²) >= 11 is 5.86. The zero-order chi connectivity index (χ0) is 8.97. The topological polar surface area (TPSA) is 17.1 Å². The van der Waals surface area contributed by atoms with Gasteiger partial charge < -0.3 is 0 Å². The van der Waals surface area contributed by atoms with Gasteiger partial charge in [0.05, 0.1) is 5.38 Å². The molecule has 0 aliphatic rings. The molecule has 2 heteroatoms. The number of alkyl halides is 1. The Morgan fingerprint density at radius 1 is 1.42 bits per heavy atom. The van der Waals surface area contributed by atoms with Crippen molar-refractivity contribution in [3.05, 3.63) is 35.4 Å². The van der Waals surface area contributed by atoms with Crippen LogP contribution in [0, 0.1) is 0 Å². The molecule has 0 aliphatic carbocycles. The molecule has 0 N–H and O–H groups in total. The maximum atomic E-state index is 10.0. The van der Waals surface area contributed by atoms with Gasteiger partial charge in [0.15, 0.2) is 0 Å². The summed E-state index contributed by atoms with van der Waals surface area (Å²) in [5.41, 5.74) is 2.05. The number of benzene rings is 1. The lowest BCUT2D eigenvalue weighted by Crippen LogP contribution is -1.88. The van der Waals surface area contributed by atoms with Gasteiger partial charge in [0.1, 0.15) is 0 Å². The van der Waals surface area contributed by atoms with E-state index >= 15 is 0 Å². The highest BCUT2D eigenvalue weighted by Crippen LogP contribution is 2.19. The number of hydrogen-bond donors (Lipinski definition) is 0. The quantitative estimate of drug-likeness (QED) is 0.656. The molecule has 63 valence electrons. The average Bonchev–Trinajstić information content (AvgIpc) is 2.06. The Labute approximate surface area is 77.4 Å². The van der Waals surface area contributed by atoms with Crippen LogP contribution in [0.5, 0.6) is 0 Å². The third kappa shape index (κ3) is 2.35. The molecular formula is C10H10ClO. The summed E-state index contributed by atoms with van der Waals surface area (Å²) < 4.78 is 0. The van der Waals surface area contributed by atoms with Crippen molar-refractivity contribution in [3.63, 3.8) is 0 Å². The summed E-state index contributed by atoms with van der Waals surface area (Å²) in [6.07, 6.45) is 2.21. The summed E-state index contributed by atoms with van der Waals surface area (Å²) in [6.45, 7) is 1.92. The Hall–Kier alpha value is -0.820. The van der Waals surface area contributed by atoms with Gasteiger partial charge in [-0.25, -0.2) is 0 Å². The number of hydrogen-bond acceptors (Lipinski definition) is 1. The monoisotopic (exact) mass is 181 g/mol. The molecule has 1 aromatic carbocycles. The van der Waals surface area contributed by atoms with Gasteiger partial charge >= 0.3 is 0 Å². The van der Waals surface area contributed by atoms with E-state index in [2.05, 4.69) is 0 Å². The third-order valence-corrected chi connectivity index (χ3v) is 1.97. The first-order valence-electron chi connectivity index (χ1n) is 3.82. The largest absolute Gasteiger partial charge is 0.291 e. The van der Waals surface area contributed by atoms with Crippen LogP contribution in [0.4, 0.5) is 0 Å². The Morgan fingerprint density at radius 2 is 2.00 bits per heavy atom.